The second-order valence-electron chi connectivity index (χ2n) is 3.92. The van der Waals surface area contributed by atoms with Crippen molar-refractivity contribution in [3.63, 3.8) is 0 Å². The second kappa shape index (κ2) is 5.08. The Morgan fingerprint density at radius 2 is 2.25 bits per heavy atom. The number of carboxylic acid groups (broad SMARTS) is 1. The van der Waals surface area contributed by atoms with E-state index < -0.39 is 22.4 Å². The lowest BCUT2D eigenvalue weighted by molar-refractivity contribution is -0.387. The van der Waals surface area contributed by atoms with Gasteiger partial charge in [-0.15, -0.1) is 0 Å². The average Bonchev–Trinajstić information content (AvgIpc) is 2.82. The zero-order valence-electron chi connectivity index (χ0n) is 10.3. The van der Waals surface area contributed by atoms with Gasteiger partial charge in [-0.2, -0.15) is 4.39 Å². The lowest BCUT2D eigenvalue weighted by atomic mass is 10.0. The van der Waals surface area contributed by atoms with E-state index in [-0.39, 0.29) is 17.0 Å². The first kappa shape index (κ1) is 13.7. The molecular formula is C12H9FN2O5. The van der Waals surface area contributed by atoms with Gasteiger partial charge < -0.3 is 9.63 Å². The highest BCUT2D eigenvalue weighted by atomic mass is 19.1. The SMILES string of the molecule is CCc1c(-c2ccc(F)c([N+](=O)[O-])c2)noc1C(=O)O. The largest absolute Gasteiger partial charge is 0.475 e. The van der Waals surface area contributed by atoms with E-state index in [0.717, 1.165) is 12.1 Å². The third kappa shape index (κ3) is 2.22. The third-order valence-electron chi connectivity index (χ3n) is 2.75. The summed E-state index contributed by atoms with van der Waals surface area (Å²) in [6.45, 7) is 1.69. The molecule has 1 N–H and O–H groups in total. The van der Waals surface area contributed by atoms with Gasteiger partial charge >= 0.3 is 11.7 Å². The lowest BCUT2D eigenvalue weighted by Crippen LogP contribution is -1.99. The van der Waals surface area contributed by atoms with Crippen LogP contribution < -0.4 is 0 Å². The van der Waals surface area contributed by atoms with Crippen LogP contribution in [0.4, 0.5) is 10.1 Å². The molecule has 0 aliphatic heterocycles. The molecule has 2 aromatic rings. The molecule has 7 nitrogen and oxygen atoms in total. The number of nitro groups is 1. The molecule has 2 rings (SSSR count). The van der Waals surface area contributed by atoms with Crippen LogP contribution in [-0.2, 0) is 6.42 Å². The number of carboxylic acids is 1. The number of nitro benzene ring substituents is 1. The Balaban J connectivity index is 2.60. The molecule has 0 saturated carbocycles. The number of benzene rings is 1. The summed E-state index contributed by atoms with van der Waals surface area (Å²) in [5.41, 5.74) is -0.0120. The van der Waals surface area contributed by atoms with E-state index in [1.807, 2.05) is 0 Å². The molecular weight excluding hydrogens is 271 g/mol. The fraction of sp³-hybridized carbons (Fsp3) is 0.167. The highest BCUT2D eigenvalue weighted by Gasteiger charge is 2.23. The Labute approximate surface area is 111 Å². The molecule has 0 fully saturated rings. The Bertz CT molecular complexity index is 695. The molecule has 0 amide bonds. The van der Waals surface area contributed by atoms with E-state index in [9.17, 15) is 19.3 Å². The maximum absolute atomic E-state index is 13.3. The van der Waals surface area contributed by atoms with Crippen LogP contribution in [0.2, 0.25) is 0 Å². The lowest BCUT2D eigenvalue weighted by Gasteiger charge is -2.00. The van der Waals surface area contributed by atoms with Gasteiger partial charge in [0.25, 0.3) is 0 Å². The van der Waals surface area contributed by atoms with Crippen LogP contribution in [0.3, 0.4) is 0 Å². The van der Waals surface area contributed by atoms with Gasteiger partial charge in [-0.3, -0.25) is 10.1 Å². The van der Waals surface area contributed by atoms with E-state index in [2.05, 4.69) is 5.16 Å². The number of hydrogen-bond donors (Lipinski definition) is 1. The Morgan fingerprint density at radius 3 is 2.80 bits per heavy atom. The zero-order chi connectivity index (χ0) is 14.9. The predicted molar refractivity (Wildman–Crippen MR) is 64.9 cm³/mol. The van der Waals surface area contributed by atoms with Crippen molar-refractivity contribution in [1.29, 1.82) is 0 Å². The van der Waals surface area contributed by atoms with Crippen molar-refractivity contribution in [2.45, 2.75) is 13.3 Å². The Morgan fingerprint density at radius 1 is 1.55 bits per heavy atom. The number of hydrogen-bond acceptors (Lipinski definition) is 5. The maximum atomic E-state index is 13.3. The summed E-state index contributed by atoms with van der Waals surface area (Å²) in [7, 11) is 0. The monoisotopic (exact) mass is 280 g/mol. The smallest absolute Gasteiger partial charge is 0.375 e. The third-order valence-corrected chi connectivity index (χ3v) is 2.75. The van der Waals surface area contributed by atoms with Gasteiger partial charge in [-0.05, 0) is 18.6 Å². The van der Waals surface area contributed by atoms with Gasteiger partial charge in [-0.1, -0.05) is 12.1 Å². The fourth-order valence-electron chi connectivity index (χ4n) is 1.83. The summed E-state index contributed by atoms with van der Waals surface area (Å²) in [5.74, 6) is -2.58. The topological polar surface area (TPSA) is 106 Å². The van der Waals surface area contributed by atoms with Crippen LogP contribution >= 0.6 is 0 Å². The first-order chi connectivity index (χ1) is 9.45. The van der Waals surface area contributed by atoms with E-state index in [1.54, 1.807) is 6.92 Å². The summed E-state index contributed by atoms with van der Waals surface area (Å²) in [4.78, 5) is 20.8. The van der Waals surface area contributed by atoms with Crippen LogP contribution in [-0.4, -0.2) is 21.2 Å². The molecule has 0 unspecified atom stereocenters. The van der Waals surface area contributed by atoms with Crippen LogP contribution in [0.1, 0.15) is 23.0 Å². The van der Waals surface area contributed by atoms with Crippen molar-refractivity contribution in [2.75, 3.05) is 0 Å². The number of aromatic nitrogens is 1. The van der Waals surface area contributed by atoms with E-state index >= 15 is 0 Å². The minimum absolute atomic E-state index is 0.160. The molecule has 1 heterocycles. The summed E-state index contributed by atoms with van der Waals surface area (Å²) in [5, 5.41) is 23.3. The minimum atomic E-state index is -1.28. The summed E-state index contributed by atoms with van der Waals surface area (Å²) >= 11 is 0. The van der Waals surface area contributed by atoms with Crippen molar-refractivity contribution in [2.24, 2.45) is 0 Å². The summed E-state index contributed by atoms with van der Waals surface area (Å²) in [6.07, 6.45) is 0.311. The van der Waals surface area contributed by atoms with E-state index in [1.165, 1.54) is 6.07 Å². The summed E-state index contributed by atoms with van der Waals surface area (Å²) < 4.78 is 18.0. The van der Waals surface area contributed by atoms with Crippen LogP contribution in [0.25, 0.3) is 11.3 Å². The van der Waals surface area contributed by atoms with Crippen molar-refractivity contribution in [3.05, 3.63) is 45.5 Å². The van der Waals surface area contributed by atoms with Crippen molar-refractivity contribution < 1.29 is 23.7 Å². The molecule has 0 aliphatic carbocycles. The van der Waals surface area contributed by atoms with E-state index in [0.29, 0.717) is 12.0 Å². The number of halogens is 1. The van der Waals surface area contributed by atoms with E-state index in [4.69, 9.17) is 9.63 Å². The molecule has 104 valence electrons. The van der Waals surface area contributed by atoms with Gasteiger partial charge in [0.05, 0.1) is 4.92 Å². The molecule has 0 atom stereocenters. The van der Waals surface area contributed by atoms with Gasteiger partial charge in [0.2, 0.25) is 11.6 Å². The number of nitrogens with zero attached hydrogens (tertiary/aromatic N) is 2. The van der Waals surface area contributed by atoms with Gasteiger partial charge in [0.15, 0.2) is 0 Å². The van der Waals surface area contributed by atoms with Crippen molar-refractivity contribution >= 4 is 11.7 Å². The van der Waals surface area contributed by atoms with Crippen molar-refractivity contribution in [1.82, 2.24) is 5.16 Å². The Kier molecular flexibility index (Phi) is 3.47. The molecule has 0 spiro atoms. The first-order valence-corrected chi connectivity index (χ1v) is 5.61. The van der Waals surface area contributed by atoms with Gasteiger partial charge in [0, 0.05) is 17.2 Å². The van der Waals surface area contributed by atoms with Crippen LogP contribution in [0.5, 0.6) is 0 Å². The maximum Gasteiger partial charge on any atom is 0.375 e. The van der Waals surface area contributed by atoms with Gasteiger partial charge in [-0.25, -0.2) is 4.79 Å². The quantitative estimate of drug-likeness (QED) is 0.681. The van der Waals surface area contributed by atoms with Crippen LogP contribution in [0, 0.1) is 15.9 Å². The minimum Gasteiger partial charge on any atom is -0.475 e. The molecule has 1 aromatic carbocycles. The van der Waals surface area contributed by atoms with Gasteiger partial charge in [0.1, 0.15) is 5.69 Å². The highest BCUT2D eigenvalue weighted by Crippen LogP contribution is 2.30. The zero-order valence-corrected chi connectivity index (χ0v) is 10.3. The predicted octanol–water partition coefficient (Wildman–Crippen LogP) is 2.65. The molecule has 0 aliphatic rings. The second-order valence-corrected chi connectivity index (χ2v) is 3.92. The number of carbonyl (C=O) groups is 1. The first-order valence-electron chi connectivity index (χ1n) is 5.61. The molecule has 0 saturated heterocycles. The standard InChI is InChI=1S/C12H9FN2O5/c1-2-7-10(14-20-11(7)12(16)17)6-3-4-8(13)9(5-6)15(18)19/h3-5H,2H2,1H3,(H,16,17). The molecule has 20 heavy (non-hydrogen) atoms. The Hall–Kier alpha value is -2.77. The normalized spacial score (nSPS) is 10.5. The molecule has 8 heteroatoms. The number of aromatic carboxylic acids is 1. The summed E-state index contributed by atoms with van der Waals surface area (Å²) in [6, 6.07) is 3.21. The molecule has 1 aromatic heterocycles. The van der Waals surface area contributed by atoms with Crippen LogP contribution in [0.15, 0.2) is 22.7 Å². The molecule has 0 radical (unpaired) electrons. The molecule has 0 bridgehead atoms. The highest BCUT2D eigenvalue weighted by molar-refractivity contribution is 5.88. The number of rotatable bonds is 4. The van der Waals surface area contributed by atoms with Crippen molar-refractivity contribution in [3.8, 4) is 11.3 Å². The average molecular weight is 280 g/mol. The fourth-order valence-corrected chi connectivity index (χ4v) is 1.83.